The van der Waals surface area contributed by atoms with E-state index in [4.69, 9.17) is 18.9 Å². The molecular weight excluding hydrogens is 578 g/mol. The number of nitrogens with zero attached hydrogens (tertiary/aromatic N) is 3. The molecule has 0 aliphatic carbocycles. The molecule has 1 saturated heterocycles. The van der Waals surface area contributed by atoms with Crippen LogP contribution in [-0.4, -0.2) is 57.5 Å². The van der Waals surface area contributed by atoms with E-state index in [9.17, 15) is 38.1 Å². The van der Waals surface area contributed by atoms with Crippen molar-refractivity contribution in [2.24, 2.45) is 0 Å². The molecule has 1 fully saturated rings. The number of carbonyl (C=O) groups excluding carboxylic acids is 3. The van der Waals surface area contributed by atoms with Crippen LogP contribution < -0.4 is 20.2 Å². The lowest BCUT2D eigenvalue weighted by molar-refractivity contribution is -0.384. The minimum atomic E-state index is -1.24. The van der Waals surface area contributed by atoms with Gasteiger partial charge >= 0.3 is 6.16 Å². The zero-order chi connectivity index (χ0) is 30.8. The predicted molar refractivity (Wildman–Crippen MR) is 139 cm³/mol. The van der Waals surface area contributed by atoms with Crippen LogP contribution in [0.2, 0.25) is 0 Å². The molecule has 1 aromatic heterocycles. The highest BCUT2D eigenvalue weighted by Gasteiger charge is 2.49. The van der Waals surface area contributed by atoms with Crippen molar-refractivity contribution in [3.63, 3.8) is 0 Å². The van der Waals surface area contributed by atoms with E-state index >= 15 is 0 Å². The van der Waals surface area contributed by atoms with Gasteiger partial charge in [0.05, 0.1) is 17.5 Å². The number of benzene rings is 2. The Morgan fingerprint density at radius 2 is 1.88 bits per heavy atom. The largest absolute Gasteiger partial charge is 0.516 e. The van der Waals surface area contributed by atoms with E-state index < -0.39 is 70.9 Å². The van der Waals surface area contributed by atoms with E-state index in [1.54, 1.807) is 6.92 Å². The zero-order valence-electron chi connectivity index (χ0n) is 22.2. The van der Waals surface area contributed by atoms with Gasteiger partial charge in [-0.3, -0.25) is 24.5 Å². The lowest BCUT2D eigenvalue weighted by Gasteiger charge is -2.33. The van der Waals surface area contributed by atoms with Crippen LogP contribution in [0.15, 0.2) is 59.5 Å². The Morgan fingerprint density at radius 3 is 2.58 bits per heavy atom. The molecule has 43 heavy (non-hydrogen) atoms. The van der Waals surface area contributed by atoms with E-state index in [0.29, 0.717) is 6.07 Å². The van der Waals surface area contributed by atoms with Gasteiger partial charge in [0, 0.05) is 42.6 Å². The minimum absolute atomic E-state index is 0.0292. The Kier molecular flexibility index (Phi) is 8.03. The number of nitro benzene ring substituents is 1. The van der Waals surface area contributed by atoms with Crippen molar-refractivity contribution >= 4 is 23.7 Å². The minimum Gasteiger partial charge on any atom is -0.451 e. The van der Waals surface area contributed by atoms with Gasteiger partial charge in [-0.05, 0) is 25.1 Å². The summed E-state index contributed by atoms with van der Waals surface area (Å²) in [4.78, 5) is 62.4. The normalized spacial score (nSPS) is 18.8. The predicted octanol–water partition coefficient (Wildman–Crippen LogP) is 2.47. The van der Waals surface area contributed by atoms with Crippen molar-refractivity contribution in [1.82, 2.24) is 14.8 Å². The monoisotopic (exact) mass is 600 g/mol. The molecule has 16 heteroatoms. The molecular formula is C27H22F2N4O10. The van der Waals surface area contributed by atoms with Crippen LogP contribution in [0.3, 0.4) is 0 Å². The smallest absolute Gasteiger partial charge is 0.451 e. The highest BCUT2D eigenvalue weighted by molar-refractivity contribution is 5.97. The number of nitro groups is 1. The van der Waals surface area contributed by atoms with Crippen LogP contribution in [0.4, 0.5) is 19.3 Å². The van der Waals surface area contributed by atoms with Crippen LogP contribution in [0, 0.1) is 21.7 Å². The molecule has 0 radical (unpaired) electrons. The molecule has 14 nitrogen and oxygen atoms in total. The molecule has 224 valence electrons. The summed E-state index contributed by atoms with van der Waals surface area (Å²) in [5.41, 5.74) is -1.01. The van der Waals surface area contributed by atoms with Gasteiger partial charge in [-0.15, -0.1) is 0 Å². The first-order valence-corrected chi connectivity index (χ1v) is 12.7. The second-order valence-corrected chi connectivity index (χ2v) is 9.44. The topological polar surface area (TPSA) is 169 Å². The molecule has 5 rings (SSSR count). The number of hydrogen-bond acceptors (Lipinski definition) is 10. The molecule has 2 aromatic carbocycles. The van der Waals surface area contributed by atoms with E-state index in [2.05, 4.69) is 5.32 Å². The van der Waals surface area contributed by atoms with Gasteiger partial charge in [-0.1, -0.05) is 6.07 Å². The molecule has 0 bridgehead atoms. The number of carbonyl (C=O) groups is 3. The second-order valence-electron chi connectivity index (χ2n) is 9.44. The highest BCUT2D eigenvalue weighted by Crippen LogP contribution is 2.32. The van der Waals surface area contributed by atoms with Crippen LogP contribution in [-0.2, 0) is 27.4 Å². The first-order chi connectivity index (χ1) is 20.5. The van der Waals surface area contributed by atoms with Crippen LogP contribution >= 0.6 is 0 Å². The highest BCUT2D eigenvalue weighted by atomic mass is 19.1. The fourth-order valence-electron chi connectivity index (χ4n) is 4.69. The Bertz CT molecular complexity index is 1660. The fourth-order valence-corrected chi connectivity index (χ4v) is 4.69. The number of halogens is 2. The van der Waals surface area contributed by atoms with Crippen LogP contribution in [0.5, 0.6) is 11.5 Å². The van der Waals surface area contributed by atoms with Crippen molar-refractivity contribution in [3.05, 3.63) is 98.0 Å². The Balaban J connectivity index is 1.23. The summed E-state index contributed by atoms with van der Waals surface area (Å²) < 4.78 is 49.5. The Morgan fingerprint density at radius 1 is 1.14 bits per heavy atom. The van der Waals surface area contributed by atoms with Gasteiger partial charge in [0.1, 0.15) is 17.4 Å². The van der Waals surface area contributed by atoms with E-state index in [1.807, 2.05) is 0 Å². The van der Waals surface area contributed by atoms with Gasteiger partial charge < -0.3 is 33.7 Å². The van der Waals surface area contributed by atoms with Gasteiger partial charge in [0.25, 0.3) is 17.5 Å². The standard InChI is InChI=1S/C27H22F2N4O10/c1-14-23(25(35)30-11-15-2-3-16(28)10-19(15)29)43-21-12-31-9-8-20(34)24(22(31)26(36)32(14)21)40-13-41-27(37)42-18-6-4-17(5-7-18)33(38)39/h2-10,14,21,23H,11-13H2,1H3,(H,30,35)/t14-,21+,23?/m0/s1. The van der Waals surface area contributed by atoms with E-state index in [-0.39, 0.29) is 35.8 Å². The Hall–Kier alpha value is -5.38. The number of hydrogen-bond donors (Lipinski definition) is 1. The molecule has 2 aliphatic rings. The molecule has 3 aromatic rings. The van der Waals surface area contributed by atoms with Gasteiger partial charge in [0.15, 0.2) is 23.8 Å². The third kappa shape index (κ3) is 5.99. The Labute approximate surface area is 240 Å². The maximum absolute atomic E-state index is 14.0. The summed E-state index contributed by atoms with van der Waals surface area (Å²) in [6, 6.07) is 7.90. The summed E-state index contributed by atoms with van der Waals surface area (Å²) in [5.74, 6) is -3.37. The number of nitrogens with one attached hydrogen (secondary N) is 1. The number of rotatable bonds is 8. The maximum atomic E-state index is 14.0. The number of ether oxygens (including phenoxy) is 4. The first-order valence-electron chi connectivity index (χ1n) is 12.7. The maximum Gasteiger partial charge on any atom is 0.516 e. The summed E-state index contributed by atoms with van der Waals surface area (Å²) in [6.45, 7) is 0.539. The van der Waals surface area contributed by atoms with Crippen molar-refractivity contribution < 1.29 is 47.0 Å². The summed E-state index contributed by atoms with van der Waals surface area (Å²) in [7, 11) is 0. The zero-order valence-corrected chi connectivity index (χ0v) is 22.2. The van der Waals surface area contributed by atoms with E-state index in [0.717, 1.165) is 24.3 Å². The molecule has 0 saturated carbocycles. The second kappa shape index (κ2) is 11.8. The lowest BCUT2D eigenvalue weighted by atomic mass is 10.1. The molecule has 0 spiro atoms. The summed E-state index contributed by atoms with van der Waals surface area (Å²) in [6.07, 6.45) is -1.90. The van der Waals surface area contributed by atoms with Crippen molar-refractivity contribution in [1.29, 1.82) is 0 Å². The number of amides is 2. The lowest BCUT2D eigenvalue weighted by Crippen LogP contribution is -2.50. The molecule has 2 aliphatic heterocycles. The molecule has 2 amide bonds. The number of non-ortho nitro benzene ring substituents is 1. The van der Waals surface area contributed by atoms with Crippen LogP contribution in [0.1, 0.15) is 23.0 Å². The van der Waals surface area contributed by atoms with Crippen LogP contribution in [0.25, 0.3) is 0 Å². The number of aromatic nitrogens is 1. The molecule has 1 N–H and O–H groups in total. The molecule has 3 heterocycles. The van der Waals surface area contributed by atoms with Gasteiger partial charge in [0.2, 0.25) is 12.2 Å². The number of fused-ring (bicyclic) bond motifs is 2. The molecule has 1 unspecified atom stereocenters. The van der Waals surface area contributed by atoms with Crippen molar-refractivity contribution in [3.8, 4) is 11.5 Å². The van der Waals surface area contributed by atoms with Gasteiger partial charge in [-0.25, -0.2) is 13.6 Å². The quantitative estimate of drug-likeness (QED) is 0.133. The first kappa shape index (κ1) is 29.1. The molecule has 3 atom stereocenters. The third-order valence-electron chi connectivity index (χ3n) is 6.77. The van der Waals surface area contributed by atoms with E-state index in [1.165, 1.54) is 33.9 Å². The number of pyridine rings is 1. The van der Waals surface area contributed by atoms with Crippen molar-refractivity contribution in [2.45, 2.75) is 38.4 Å². The van der Waals surface area contributed by atoms with Gasteiger partial charge in [-0.2, -0.15) is 0 Å². The van der Waals surface area contributed by atoms with Crippen molar-refractivity contribution in [2.75, 3.05) is 6.79 Å². The summed E-state index contributed by atoms with van der Waals surface area (Å²) in [5, 5.41) is 13.3. The third-order valence-corrected chi connectivity index (χ3v) is 6.77. The average molecular weight is 600 g/mol. The SMILES string of the molecule is C[C@H]1C(C(=O)NCc2ccc(F)cc2F)O[C@@H]2Cn3ccc(=O)c(OCOC(=O)Oc4ccc([N+](=O)[O-])cc4)c3C(=O)N21. The summed E-state index contributed by atoms with van der Waals surface area (Å²) >= 11 is 0. The fraction of sp³-hybridized carbons (Fsp3) is 0.259. The average Bonchev–Trinajstić information content (AvgIpc) is 3.30.